The van der Waals surface area contributed by atoms with Crippen LogP contribution in [0.15, 0.2) is 28.9 Å². The van der Waals surface area contributed by atoms with Gasteiger partial charge < -0.3 is 9.73 Å². The third-order valence-electron chi connectivity index (χ3n) is 5.13. The Morgan fingerprint density at radius 3 is 2.92 bits per heavy atom. The highest BCUT2D eigenvalue weighted by molar-refractivity contribution is 6.03. The number of oxazole rings is 1. The largest absolute Gasteiger partial charge is 0.448 e. The summed E-state index contributed by atoms with van der Waals surface area (Å²) in [6.45, 7) is 7.37. The van der Waals surface area contributed by atoms with Crippen LogP contribution >= 0.6 is 0 Å². The SMILES string of the molecule is CC(C)CN1Cc2cccc(NC(=O)c3coc(C4CCC4)n3)c2C1. The summed E-state index contributed by atoms with van der Waals surface area (Å²) in [7, 11) is 0. The molecule has 4 rings (SSSR count). The number of rotatable bonds is 5. The quantitative estimate of drug-likeness (QED) is 0.888. The number of amides is 1. The van der Waals surface area contributed by atoms with Gasteiger partial charge in [-0.25, -0.2) is 4.98 Å². The lowest BCUT2D eigenvalue weighted by Crippen LogP contribution is -2.21. The van der Waals surface area contributed by atoms with Crippen molar-refractivity contribution in [2.24, 2.45) is 5.92 Å². The maximum atomic E-state index is 12.6. The molecule has 132 valence electrons. The summed E-state index contributed by atoms with van der Waals surface area (Å²) in [6.07, 6.45) is 4.92. The molecule has 25 heavy (non-hydrogen) atoms. The predicted molar refractivity (Wildman–Crippen MR) is 96.4 cm³/mol. The smallest absolute Gasteiger partial charge is 0.277 e. The second-order valence-electron chi connectivity index (χ2n) is 7.66. The second kappa shape index (κ2) is 6.64. The highest BCUT2D eigenvalue weighted by atomic mass is 16.3. The molecule has 0 unspecified atom stereocenters. The molecular weight excluding hydrogens is 314 g/mol. The number of carbonyl (C=O) groups is 1. The summed E-state index contributed by atoms with van der Waals surface area (Å²) in [5.41, 5.74) is 3.78. The number of hydrogen-bond acceptors (Lipinski definition) is 4. The zero-order valence-corrected chi connectivity index (χ0v) is 14.9. The highest BCUT2D eigenvalue weighted by Crippen LogP contribution is 2.36. The molecule has 0 saturated heterocycles. The third-order valence-corrected chi connectivity index (χ3v) is 5.13. The first kappa shape index (κ1) is 16.3. The van der Waals surface area contributed by atoms with E-state index in [4.69, 9.17) is 4.42 Å². The summed E-state index contributed by atoms with van der Waals surface area (Å²) in [6, 6.07) is 6.13. The van der Waals surface area contributed by atoms with Gasteiger partial charge in [-0.3, -0.25) is 9.69 Å². The number of fused-ring (bicyclic) bond motifs is 1. The van der Waals surface area contributed by atoms with Gasteiger partial charge in [0.15, 0.2) is 11.6 Å². The summed E-state index contributed by atoms with van der Waals surface area (Å²) in [5.74, 6) is 1.54. The number of aromatic nitrogens is 1. The molecule has 5 heteroatoms. The van der Waals surface area contributed by atoms with Gasteiger partial charge in [-0.15, -0.1) is 0 Å². The van der Waals surface area contributed by atoms with Gasteiger partial charge in [0.1, 0.15) is 6.26 Å². The molecule has 2 heterocycles. The Balaban J connectivity index is 1.47. The maximum Gasteiger partial charge on any atom is 0.277 e. The van der Waals surface area contributed by atoms with E-state index in [1.54, 1.807) is 0 Å². The minimum atomic E-state index is -0.190. The van der Waals surface area contributed by atoms with Crippen molar-refractivity contribution in [3.8, 4) is 0 Å². The Morgan fingerprint density at radius 1 is 1.36 bits per heavy atom. The summed E-state index contributed by atoms with van der Waals surface area (Å²) < 4.78 is 5.50. The highest BCUT2D eigenvalue weighted by Gasteiger charge is 2.26. The predicted octanol–water partition coefficient (Wildman–Crippen LogP) is 4.17. The number of nitrogens with zero attached hydrogens (tertiary/aromatic N) is 2. The molecule has 1 amide bonds. The maximum absolute atomic E-state index is 12.6. The van der Waals surface area contributed by atoms with Crippen molar-refractivity contribution in [2.75, 3.05) is 11.9 Å². The Bertz CT molecular complexity index is 777. The van der Waals surface area contributed by atoms with E-state index in [0.717, 1.165) is 38.2 Å². The van der Waals surface area contributed by atoms with Crippen LogP contribution in [0, 0.1) is 5.92 Å². The van der Waals surface area contributed by atoms with Crippen LogP contribution in [0.3, 0.4) is 0 Å². The molecule has 1 fully saturated rings. The Kier molecular flexibility index (Phi) is 4.34. The normalized spacial score (nSPS) is 17.6. The number of benzene rings is 1. The van der Waals surface area contributed by atoms with Crippen LogP contribution in [0.2, 0.25) is 0 Å². The Hall–Kier alpha value is -2.14. The Labute approximate surface area is 148 Å². The van der Waals surface area contributed by atoms with Crippen LogP contribution < -0.4 is 5.32 Å². The molecule has 0 radical (unpaired) electrons. The van der Waals surface area contributed by atoms with E-state index in [2.05, 4.69) is 35.1 Å². The topological polar surface area (TPSA) is 58.4 Å². The van der Waals surface area contributed by atoms with Gasteiger partial charge in [-0.1, -0.05) is 32.4 Å². The molecule has 0 atom stereocenters. The van der Waals surface area contributed by atoms with Gasteiger partial charge in [0, 0.05) is 31.2 Å². The average molecular weight is 339 g/mol. The monoisotopic (exact) mass is 339 g/mol. The van der Waals surface area contributed by atoms with Crippen LogP contribution in [-0.4, -0.2) is 22.3 Å². The molecule has 5 nitrogen and oxygen atoms in total. The molecule has 1 N–H and O–H groups in total. The molecule has 2 aromatic rings. The molecular formula is C20H25N3O2. The van der Waals surface area contributed by atoms with Crippen molar-refractivity contribution in [2.45, 2.75) is 52.1 Å². The van der Waals surface area contributed by atoms with E-state index in [1.807, 2.05) is 12.1 Å². The molecule has 1 aliphatic heterocycles. The first-order valence-electron chi connectivity index (χ1n) is 9.20. The second-order valence-corrected chi connectivity index (χ2v) is 7.66. The number of carbonyl (C=O) groups excluding carboxylic acids is 1. The van der Waals surface area contributed by atoms with Crippen LogP contribution in [0.4, 0.5) is 5.69 Å². The molecule has 2 aliphatic rings. The summed E-state index contributed by atoms with van der Waals surface area (Å²) >= 11 is 0. The fourth-order valence-electron chi connectivity index (χ4n) is 3.67. The first-order valence-corrected chi connectivity index (χ1v) is 9.20. The van der Waals surface area contributed by atoms with E-state index < -0.39 is 0 Å². The van der Waals surface area contributed by atoms with Crippen molar-refractivity contribution < 1.29 is 9.21 Å². The van der Waals surface area contributed by atoms with Crippen molar-refractivity contribution in [1.29, 1.82) is 0 Å². The fraction of sp³-hybridized carbons (Fsp3) is 0.500. The Morgan fingerprint density at radius 2 is 2.20 bits per heavy atom. The van der Waals surface area contributed by atoms with Gasteiger partial charge in [-0.05, 0) is 36.0 Å². The number of hydrogen-bond donors (Lipinski definition) is 1. The standard InChI is InChI=1S/C20H25N3O2/c1-13(2)9-23-10-15-7-4-8-17(16(15)11-23)21-19(24)18-12-25-20(22-18)14-5-3-6-14/h4,7-8,12-14H,3,5-6,9-11H2,1-2H3,(H,21,24). The lowest BCUT2D eigenvalue weighted by atomic mass is 9.85. The van der Waals surface area contributed by atoms with Crippen molar-refractivity contribution in [3.63, 3.8) is 0 Å². The molecule has 1 aliphatic carbocycles. The summed E-state index contributed by atoms with van der Waals surface area (Å²) in [5, 5.41) is 3.03. The van der Waals surface area contributed by atoms with E-state index in [0.29, 0.717) is 23.4 Å². The third kappa shape index (κ3) is 3.33. The van der Waals surface area contributed by atoms with Gasteiger partial charge in [0.2, 0.25) is 0 Å². The molecule has 1 aromatic heterocycles. The number of anilines is 1. The van der Waals surface area contributed by atoms with E-state index >= 15 is 0 Å². The molecule has 1 saturated carbocycles. The summed E-state index contributed by atoms with van der Waals surface area (Å²) in [4.78, 5) is 19.4. The van der Waals surface area contributed by atoms with Gasteiger partial charge in [-0.2, -0.15) is 0 Å². The fourth-order valence-corrected chi connectivity index (χ4v) is 3.67. The van der Waals surface area contributed by atoms with Gasteiger partial charge in [0.05, 0.1) is 0 Å². The lowest BCUT2D eigenvalue weighted by Gasteiger charge is -2.21. The van der Waals surface area contributed by atoms with Crippen LogP contribution in [0.1, 0.15) is 66.5 Å². The molecule has 0 spiro atoms. The zero-order chi connectivity index (χ0) is 17.4. The minimum Gasteiger partial charge on any atom is -0.448 e. The molecule has 1 aromatic carbocycles. The van der Waals surface area contributed by atoms with Crippen molar-refractivity contribution in [1.82, 2.24) is 9.88 Å². The van der Waals surface area contributed by atoms with Gasteiger partial charge >= 0.3 is 0 Å². The average Bonchev–Trinajstić information content (AvgIpc) is 3.12. The van der Waals surface area contributed by atoms with E-state index in [-0.39, 0.29) is 5.91 Å². The van der Waals surface area contributed by atoms with Crippen LogP contribution in [-0.2, 0) is 13.1 Å². The van der Waals surface area contributed by atoms with Gasteiger partial charge in [0.25, 0.3) is 5.91 Å². The minimum absolute atomic E-state index is 0.190. The van der Waals surface area contributed by atoms with E-state index in [1.165, 1.54) is 23.8 Å². The van der Waals surface area contributed by atoms with Crippen LogP contribution in [0.25, 0.3) is 0 Å². The molecule has 0 bridgehead atoms. The van der Waals surface area contributed by atoms with Crippen molar-refractivity contribution in [3.05, 3.63) is 47.2 Å². The van der Waals surface area contributed by atoms with Crippen molar-refractivity contribution >= 4 is 11.6 Å². The number of nitrogens with one attached hydrogen (secondary N) is 1. The zero-order valence-electron chi connectivity index (χ0n) is 14.9. The van der Waals surface area contributed by atoms with E-state index in [9.17, 15) is 4.79 Å². The van der Waals surface area contributed by atoms with Crippen LogP contribution in [0.5, 0.6) is 0 Å². The lowest BCUT2D eigenvalue weighted by molar-refractivity contribution is 0.102. The first-order chi connectivity index (χ1) is 12.1.